The summed E-state index contributed by atoms with van der Waals surface area (Å²) >= 11 is 3.39. The maximum atomic E-state index is 8.95. The van der Waals surface area contributed by atoms with Crippen LogP contribution < -0.4 is 5.32 Å². The molecule has 1 aromatic rings. The Balaban J connectivity index is 2.36. The normalized spacial score (nSPS) is 9.94. The lowest BCUT2D eigenvalue weighted by Gasteiger charge is -2.09. The van der Waals surface area contributed by atoms with Crippen LogP contribution in [0.3, 0.4) is 0 Å². The van der Waals surface area contributed by atoms with Crippen LogP contribution in [0.25, 0.3) is 0 Å². The Labute approximate surface area is 111 Å². The summed E-state index contributed by atoms with van der Waals surface area (Å²) in [5.74, 6) is 0. The van der Waals surface area contributed by atoms with Crippen molar-refractivity contribution in [1.29, 1.82) is 5.26 Å². The second-order valence-electron chi connectivity index (χ2n) is 3.69. The molecule has 3 nitrogen and oxygen atoms in total. The van der Waals surface area contributed by atoms with Crippen LogP contribution in [-0.4, -0.2) is 19.8 Å². The van der Waals surface area contributed by atoms with Crippen LogP contribution in [0, 0.1) is 11.3 Å². The fourth-order valence-corrected chi connectivity index (χ4v) is 1.73. The first-order valence-corrected chi connectivity index (χ1v) is 6.58. The summed E-state index contributed by atoms with van der Waals surface area (Å²) in [6.07, 6.45) is 2.25. The lowest BCUT2D eigenvalue weighted by atomic mass is 10.2. The third-order valence-electron chi connectivity index (χ3n) is 2.31. The fourth-order valence-electron chi connectivity index (χ4n) is 1.37. The molecule has 0 saturated carbocycles. The number of ether oxygens (including phenoxy) is 1. The van der Waals surface area contributed by atoms with Crippen molar-refractivity contribution in [2.45, 2.75) is 19.8 Å². The first kappa shape index (κ1) is 14.0. The molecule has 0 aromatic heterocycles. The van der Waals surface area contributed by atoms with Gasteiger partial charge in [0.1, 0.15) is 6.07 Å². The Morgan fingerprint density at radius 2 is 2.24 bits per heavy atom. The minimum atomic E-state index is 0.654. The third kappa shape index (κ3) is 5.20. The van der Waals surface area contributed by atoms with Gasteiger partial charge in [0.25, 0.3) is 0 Å². The van der Waals surface area contributed by atoms with E-state index >= 15 is 0 Å². The van der Waals surface area contributed by atoms with E-state index in [4.69, 9.17) is 10.00 Å². The highest BCUT2D eigenvalue weighted by atomic mass is 79.9. The van der Waals surface area contributed by atoms with Crippen molar-refractivity contribution < 1.29 is 4.74 Å². The second kappa shape index (κ2) is 8.10. The van der Waals surface area contributed by atoms with Gasteiger partial charge >= 0.3 is 0 Å². The van der Waals surface area contributed by atoms with E-state index in [1.54, 1.807) is 6.07 Å². The van der Waals surface area contributed by atoms with Gasteiger partial charge in [-0.25, -0.2) is 0 Å². The topological polar surface area (TPSA) is 45.0 Å². The monoisotopic (exact) mass is 296 g/mol. The number of benzene rings is 1. The molecule has 4 heteroatoms. The van der Waals surface area contributed by atoms with Gasteiger partial charge in [-0.2, -0.15) is 5.26 Å². The Morgan fingerprint density at radius 3 is 2.94 bits per heavy atom. The Bertz CT molecular complexity index is 387. The Hall–Kier alpha value is -1.05. The van der Waals surface area contributed by atoms with Crippen LogP contribution in [-0.2, 0) is 4.74 Å². The smallest absolute Gasteiger partial charge is 0.101 e. The van der Waals surface area contributed by atoms with Crippen LogP contribution >= 0.6 is 15.9 Å². The zero-order chi connectivity index (χ0) is 12.5. The Morgan fingerprint density at radius 1 is 1.41 bits per heavy atom. The van der Waals surface area contributed by atoms with Gasteiger partial charge in [0.15, 0.2) is 0 Å². The van der Waals surface area contributed by atoms with Gasteiger partial charge in [0.05, 0.1) is 17.9 Å². The molecule has 0 radical (unpaired) electrons. The van der Waals surface area contributed by atoms with Gasteiger partial charge < -0.3 is 10.1 Å². The van der Waals surface area contributed by atoms with E-state index in [0.717, 1.165) is 36.2 Å². The van der Waals surface area contributed by atoms with Crippen LogP contribution in [0.5, 0.6) is 0 Å². The van der Waals surface area contributed by atoms with Crippen LogP contribution in [0.15, 0.2) is 22.7 Å². The van der Waals surface area contributed by atoms with Gasteiger partial charge in [-0.3, -0.25) is 0 Å². The minimum Gasteiger partial charge on any atom is -0.382 e. The standard InChI is InChI=1S/C13H17BrN2O/c1-2-3-7-17-8-6-16-13-9-12(14)5-4-11(13)10-15/h4-5,9,16H,2-3,6-8H2,1H3. The molecule has 0 amide bonds. The Kier molecular flexibility index (Phi) is 6.68. The molecule has 92 valence electrons. The molecule has 0 spiro atoms. The number of nitrogens with zero attached hydrogens (tertiary/aromatic N) is 1. The van der Waals surface area contributed by atoms with Gasteiger partial charge in [-0.05, 0) is 24.6 Å². The van der Waals surface area contributed by atoms with Crippen LogP contribution in [0.2, 0.25) is 0 Å². The fraction of sp³-hybridized carbons (Fsp3) is 0.462. The molecule has 0 aliphatic carbocycles. The molecule has 0 saturated heterocycles. The molecule has 0 fully saturated rings. The van der Waals surface area contributed by atoms with Crippen molar-refractivity contribution in [3.63, 3.8) is 0 Å². The van der Waals surface area contributed by atoms with Crippen molar-refractivity contribution in [2.75, 3.05) is 25.1 Å². The minimum absolute atomic E-state index is 0.654. The number of unbranched alkanes of at least 4 members (excludes halogenated alkanes) is 1. The number of anilines is 1. The molecule has 0 bridgehead atoms. The average molecular weight is 297 g/mol. The highest BCUT2D eigenvalue weighted by Crippen LogP contribution is 2.20. The lowest BCUT2D eigenvalue weighted by molar-refractivity contribution is 0.141. The van der Waals surface area contributed by atoms with E-state index in [-0.39, 0.29) is 0 Å². The van der Waals surface area contributed by atoms with Crippen molar-refractivity contribution in [3.8, 4) is 6.07 Å². The summed E-state index contributed by atoms with van der Waals surface area (Å²) in [5, 5.41) is 12.1. The van der Waals surface area contributed by atoms with E-state index in [9.17, 15) is 0 Å². The zero-order valence-corrected chi connectivity index (χ0v) is 11.6. The number of rotatable bonds is 7. The molecular weight excluding hydrogens is 280 g/mol. The summed E-state index contributed by atoms with van der Waals surface area (Å²) in [6.45, 7) is 4.33. The van der Waals surface area contributed by atoms with Gasteiger partial charge in [0.2, 0.25) is 0 Å². The van der Waals surface area contributed by atoms with Crippen molar-refractivity contribution in [1.82, 2.24) is 0 Å². The molecule has 1 rings (SSSR count). The SMILES string of the molecule is CCCCOCCNc1cc(Br)ccc1C#N. The second-order valence-corrected chi connectivity index (χ2v) is 4.61. The summed E-state index contributed by atoms with van der Waals surface area (Å²) in [4.78, 5) is 0. The molecule has 0 aliphatic heterocycles. The van der Waals surface area contributed by atoms with E-state index < -0.39 is 0 Å². The number of nitrogens with one attached hydrogen (secondary N) is 1. The largest absolute Gasteiger partial charge is 0.382 e. The van der Waals surface area contributed by atoms with E-state index in [0.29, 0.717) is 12.2 Å². The summed E-state index contributed by atoms with van der Waals surface area (Å²) in [5.41, 5.74) is 1.50. The molecule has 0 unspecified atom stereocenters. The average Bonchev–Trinajstić information content (AvgIpc) is 2.34. The first-order valence-electron chi connectivity index (χ1n) is 5.79. The number of hydrogen-bond donors (Lipinski definition) is 1. The van der Waals surface area contributed by atoms with Gasteiger partial charge in [-0.15, -0.1) is 0 Å². The third-order valence-corrected chi connectivity index (χ3v) is 2.80. The molecule has 1 aromatic carbocycles. The van der Waals surface area contributed by atoms with Crippen LogP contribution in [0.4, 0.5) is 5.69 Å². The quantitative estimate of drug-likeness (QED) is 0.783. The molecule has 0 atom stereocenters. The molecule has 0 aliphatic rings. The van der Waals surface area contributed by atoms with E-state index in [2.05, 4.69) is 34.2 Å². The summed E-state index contributed by atoms with van der Waals surface area (Å²) < 4.78 is 6.41. The van der Waals surface area contributed by atoms with Crippen LogP contribution in [0.1, 0.15) is 25.3 Å². The van der Waals surface area contributed by atoms with Gasteiger partial charge in [-0.1, -0.05) is 29.3 Å². The maximum absolute atomic E-state index is 8.95. The molecular formula is C13H17BrN2O. The van der Waals surface area contributed by atoms with Gasteiger partial charge in [0, 0.05) is 17.6 Å². The predicted molar refractivity (Wildman–Crippen MR) is 73.1 cm³/mol. The highest BCUT2D eigenvalue weighted by molar-refractivity contribution is 9.10. The summed E-state index contributed by atoms with van der Waals surface area (Å²) in [6, 6.07) is 7.73. The molecule has 17 heavy (non-hydrogen) atoms. The predicted octanol–water partition coefficient (Wildman–Crippen LogP) is 3.55. The number of nitriles is 1. The lowest BCUT2D eigenvalue weighted by Crippen LogP contribution is -2.10. The molecule has 0 heterocycles. The number of hydrogen-bond acceptors (Lipinski definition) is 3. The number of halogens is 1. The van der Waals surface area contributed by atoms with E-state index in [1.807, 2.05) is 12.1 Å². The van der Waals surface area contributed by atoms with E-state index in [1.165, 1.54) is 0 Å². The van der Waals surface area contributed by atoms with Crippen molar-refractivity contribution >= 4 is 21.6 Å². The van der Waals surface area contributed by atoms with Crippen molar-refractivity contribution in [3.05, 3.63) is 28.2 Å². The first-order chi connectivity index (χ1) is 8.27. The zero-order valence-electron chi connectivity index (χ0n) is 10.0. The van der Waals surface area contributed by atoms with Crippen molar-refractivity contribution in [2.24, 2.45) is 0 Å². The molecule has 1 N–H and O–H groups in total. The highest BCUT2D eigenvalue weighted by Gasteiger charge is 2.01. The summed E-state index contributed by atoms with van der Waals surface area (Å²) in [7, 11) is 0. The maximum Gasteiger partial charge on any atom is 0.101 e.